The van der Waals surface area contributed by atoms with Crippen LogP contribution in [0.5, 0.6) is 0 Å². The first-order chi connectivity index (χ1) is 9.56. The smallest absolute Gasteiger partial charge is 0.227 e. The van der Waals surface area contributed by atoms with Gasteiger partial charge in [-0.1, -0.05) is 38.8 Å². The molecule has 2 amide bonds. The maximum Gasteiger partial charge on any atom is 0.227 e. The zero-order valence-corrected chi connectivity index (χ0v) is 12.3. The Morgan fingerprint density at radius 3 is 2.10 bits per heavy atom. The number of hydrogen-bond acceptors (Lipinski definition) is 2. The molecular weight excluding hydrogens is 252 g/mol. The van der Waals surface area contributed by atoms with Gasteiger partial charge < -0.3 is 11.1 Å². The molecule has 0 fully saturated rings. The molecule has 0 aliphatic carbocycles. The minimum absolute atomic E-state index is 0.0790. The Bertz CT molecular complexity index is 434. The van der Waals surface area contributed by atoms with Crippen molar-refractivity contribution in [3.63, 3.8) is 0 Å². The molecule has 1 aromatic rings. The molecule has 0 aliphatic rings. The predicted octanol–water partition coefficient (Wildman–Crippen LogP) is 2.87. The first-order valence-electron chi connectivity index (χ1n) is 7.24. The van der Waals surface area contributed by atoms with Crippen LogP contribution < -0.4 is 11.1 Å². The van der Waals surface area contributed by atoms with Crippen LogP contribution in [-0.4, -0.2) is 11.8 Å². The Labute approximate surface area is 120 Å². The fraction of sp³-hybridized carbons (Fsp3) is 0.500. The summed E-state index contributed by atoms with van der Waals surface area (Å²) < 4.78 is 0. The molecule has 0 aromatic heterocycles. The molecule has 1 rings (SSSR count). The number of hydrogen-bond donors (Lipinski definition) is 2. The van der Waals surface area contributed by atoms with Crippen molar-refractivity contribution in [2.75, 3.05) is 5.32 Å². The Kier molecular flexibility index (Phi) is 6.77. The van der Waals surface area contributed by atoms with E-state index in [0.717, 1.165) is 36.9 Å². The maximum atomic E-state index is 12.2. The van der Waals surface area contributed by atoms with Gasteiger partial charge in [0.15, 0.2) is 0 Å². The van der Waals surface area contributed by atoms with E-state index in [0.29, 0.717) is 0 Å². The molecule has 110 valence electrons. The van der Waals surface area contributed by atoms with E-state index in [1.54, 1.807) is 0 Å². The first kappa shape index (κ1) is 16.2. The fourth-order valence-electron chi connectivity index (χ4n) is 2.25. The van der Waals surface area contributed by atoms with Gasteiger partial charge in [-0.25, -0.2) is 0 Å². The van der Waals surface area contributed by atoms with E-state index in [-0.39, 0.29) is 24.2 Å². The lowest BCUT2D eigenvalue weighted by Crippen LogP contribution is -2.22. The highest BCUT2D eigenvalue weighted by molar-refractivity contribution is 5.92. The van der Waals surface area contributed by atoms with Crippen LogP contribution in [0.25, 0.3) is 0 Å². The quantitative estimate of drug-likeness (QED) is 0.766. The lowest BCUT2D eigenvalue weighted by molar-refractivity contribution is -0.120. The number of carbonyl (C=O) groups excluding carboxylic acids is 2. The topological polar surface area (TPSA) is 72.2 Å². The van der Waals surface area contributed by atoms with E-state index < -0.39 is 0 Å². The third kappa shape index (κ3) is 5.43. The number of amides is 2. The summed E-state index contributed by atoms with van der Waals surface area (Å²) in [7, 11) is 0. The standard InChI is InChI=1S/C16H24N2O2/c1-3-5-13(6-4-2)16(20)18-14-9-7-12(8-10-14)11-15(17)19/h7-10,13H,3-6,11H2,1-2H3,(H2,17,19)(H,18,20). The number of carbonyl (C=O) groups is 2. The normalized spacial score (nSPS) is 10.6. The molecule has 0 saturated carbocycles. The molecule has 0 aliphatic heterocycles. The second-order valence-corrected chi connectivity index (χ2v) is 5.10. The van der Waals surface area contributed by atoms with Gasteiger partial charge in [0.25, 0.3) is 0 Å². The summed E-state index contributed by atoms with van der Waals surface area (Å²) in [4.78, 5) is 23.0. The van der Waals surface area contributed by atoms with Crippen molar-refractivity contribution in [3.8, 4) is 0 Å². The van der Waals surface area contributed by atoms with Gasteiger partial charge in [-0.2, -0.15) is 0 Å². The minimum Gasteiger partial charge on any atom is -0.369 e. The number of primary amides is 1. The summed E-state index contributed by atoms with van der Waals surface area (Å²) in [6.45, 7) is 4.18. The zero-order chi connectivity index (χ0) is 15.0. The van der Waals surface area contributed by atoms with Gasteiger partial charge >= 0.3 is 0 Å². The third-order valence-electron chi connectivity index (χ3n) is 3.24. The van der Waals surface area contributed by atoms with Gasteiger partial charge in [0.2, 0.25) is 11.8 Å². The van der Waals surface area contributed by atoms with Crippen LogP contribution in [0.2, 0.25) is 0 Å². The SMILES string of the molecule is CCCC(CCC)C(=O)Nc1ccc(CC(N)=O)cc1. The van der Waals surface area contributed by atoms with Gasteiger partial charge in [-0.05, 0) is 30.5 Å². The molecule has 0 spiro atoms. The molecule has 0 radical (unpaired) electrons. The van der Waals surface area contributed by atoms with E-state index in [4.69, 9.17) is 5.73 Å². The maximum absolute atomic E-state index is 12.2. The van der Waals surface area contributed by atoms with E-state index in [1.165, 1.54) is 0 Å². The molecule has 4 nitrogen and oxygen atoms in total. The molecule has 0 heterocycles. The summed E-state index contributed by atoms with van der Waals surface area (Å²) in [6.07, 6.45) is 4.08. The summed E-state index contributed by atoms with van der Waals surface area (Å²) in [5, 5.41) is 2.94. The number of rotatable bonds is 8. The number of benzene rings is 1. The second kappa shape index (κ2) is 8.35. The van der Waals surface area contributed by atoms with Crippen LogP contribution in [0.4, 0.5) is 5.69 Å². The van der Waals surface area contributed by atoms with Crippen molar-refractivity contribution >= 4 is 17.5 Å². The van der Waals surface area contributed by atoms with Gasteiger partial charge in [-0.15, -0.1) is 0 Å². The van der Waals surface area contributed by atoms with Crippen LogP contribution in [0.15, 0.2) is 24.3 Å². The van der Waals surface area contributed by atoms with Crippen molar-refractivity contribution in [1.82, 2.24) is 0 Å². The number of nitrogens with two attached hydrogens (primary N) is 1. The highest BCUT2D eigenvalue weighted by atomic mass is 16.2. The molecule has 20 heavy (non-hydrogen) atoms. The summed E-state index contributed by atoms with van der Waals surface area (Å²) in [5.74, 6) is -0.195. The molecule has 3 N–H and O–H groups in total. The highest BCUT2D eigenvalue weighted by Crippen LogP contribution is 2.17. The van der Waals surface area contributed by atoms with Crippen LogP contribution in [0.3, 0.4) is 0 Å². The molecule has 0 unspecified atom stereocenters. The Morgan fingerprint density at radius 2 is 1.65 bits per heavy atom. The van der Waals surface area contributed by atoms with Crippen molar-refractivity contribution in [3.05, 3.63) is 29.8 Å². The zero-order valence-electron chi connectivity index (χ0n) is 12.3. The molecule has 1 aromatic carbocycles. The van der Waals surface area contributed by atoms with Crippen molar-refractivity contribution < 1.29 is 9.59 Å². The fourth-order valence-corrected chi connectivity index (χ4v) is 2.25. The van der Waals surface area contributed by atoms with Gasteiger partial charge in [0.1, 0.15) is 0 Å². The van der Waals surface area contributed by atoms with Crippen LogP contribution in [0, 0.1) is 5.92 Å². The van der Waals surface area contributed by atoms with Gasteiger partial charge in [-0.3, -0.25) is 9.59 Å². The third-order valence-corrected chi connectivity index (χ3v) is 3.24. The highest BCUT2D eigenvalue weighted by Gasteiger charge is 2.16. The van der Waals surface area contributed by atoms with Crippen LogP contribution >= 0.6 is 0 Å². The molecule has 0 bridgehead atoms. The molecule has 4 heteroatoms. The largest absolute Gasteiger partial charge is 0.369 e. The minimum atomic E-state index is -0.354. The second-order valence-electron chi connectivity index (χ2n) is 5.10. The van der Waals surface area contributed by atoms with Crippen molar-refractivity contribution in [1.29, 1.82) is 0 Å². The van der Waals surface area contributed by atoms with E-state index in [1.807, 2.05) is 24.3 Å². The monoisotopic (exact) mass is 276 g/mol. The van der Waals surface area contributed by atoms with Gasteiger partial charge in [0, 0.05) is 11.6 Å². The van der Waals surface area contributed by atoms with Crippen molar-refractivity contribution in [2.45, 2.75) is 46.0 Å². The molecule has 0 saturated heterocycles. The Hall–Kier alpha value is -1.84. The number of anilines is 1. The average Bonchev–Trinajstić information content (AvgIpc) is 2.40. The van der Waals surface area contributed by atoms with Crippen molar-refractivity contribution in [2.24, 2.45) is 11.7 Å². The lowest BCUT2D eigenvalue weighted by atomic mass is 9.97. The number of nitrogens with one attached hydrogen (secondary N) is 1. The molecular formula is C16H24N2O2. The molecule has 0 atom stereocenters. The average molecular weight is 276 g/mol. The summed E-state index contributed by atoms with van der Waals surface area (Å²) in [6, 6.07) is 7.25. The first-order valence-corrected chi connectivity index (χ1v) is 7.24. The van der Waals surface area contributed by atoms with E-state index in [2.05, 4.69) is 19.2 Å². The Morgan fingerprint density at radius 1 is 1.10 bits per heavy atom. The lowest BCUT2D eigenvalue weighted by Gasteiger charge is -2.15. The summed E-state index contributed by atoms with van der Waals surface area (Å²) >= 11 is 0. The Balaban J connectivity index is 2.62. The van der Waals surface area contributed by atoms with Crippen LogP contribution in [0.1, 0.15) is 45.1 Å². The predicted molar refractivity (Wildman–Crippen MR) is 81.3 cm³/mol. The van der Waals surface area contributed by atoms with E-state index in [9.17, 15) is 9.59 Å². The van der Waals surface area contributed by atoms with Crippen LogP contribution in [-0.2, 0) is 16.0 Å². The van der Waals surface area contributed by atoms with E-state index >= 15 is 0 Å². The summed E-state index contributed by atoms with van der Waals surface area (Å²) in [5.41, 5.74) is 6.76. The van der Waals surface area contributed by atoms with Gasteiger partial charge in [0.05, 0.1) is 6.42 Å².